The average molecular weight is 302 g/mol. The van der Waals surface area contributed by atoms with Gasteiger partial charge in [0.15, 0.2) is 0 Å². The quantitative estimate of drug-likeness (QED) is 0.783. The first-order valence-corrected chi connectivity index (χ1v) is 8.48. The van der Waals surface area contributed by atoms with Crippen LogP contribution in [0.5, 0.6) is 0 Å². The summed E-state index contributed by atoms with van der Waals surface area (Å²) in [6.07, 6.45) is 6.07. The van der Waals surface area contributed by atoms with Crippen LogP contribution in [0.25, 0.3) is 0 Å². The molecule has 0 spiro atoms. The number of anilines is 1. The third-order valence-electron chi connectivity index (χ3n) is 4.82. The molecule has 2 aliphatic rings. The van der Waals surface area contributed by atoms with Crippen molar-refractivity contribution in [3.63, 3.8) is 0 Å². The van der Waals surface area contributed by atoms with Crippen LogP contribution in [-0.2, 0) is 4.79 Å². The molecule has 0 saturated heterocycles. The molecule has 1 aromatic carbocycles. The predicted octanol–water partition coefficient (Wildman–Crippen LogP) is 2.99. The Morgan fingerprint density at radius 3 is 2.45 bits per heavy atom. The van der Waals surface area contributed by atoms with Crippen LogP contribution in [0, 0.1) is 5.92 Å². The van der Waals surface area contributed by atoms with Gasteiger partial charge in [-0.05, 0) is 50.3 Å². The van der Waals surface area contributed by atoms with Gasteiger partial charge in [-0.3, -0.25) is 4.79 Å². The van der Waals surface area contributed by atoms with Gasteiger partial charge in [-0.1, -0.05) is 25.0 Å². The minimum Gasteiger partial charge on any atom is -0.392 e. The number of hydrogen-bond donors (Lipinski definition) is 3. The summed E-state index contributed by atoms with van der Waals surface area (Å²) in [4.78, 5) is 11.7. The maximum absolute atomic E-state index is 11.7. The minimum atomic E-state index is -0.228. The lowest BCUT2D eigenvalue weighted by atomic mass is 9.91. The number of hydrogen-bond acceptors (Lipinski definition) is 3. The van der Waals surface area contributed by atoms with Crippen LogP contribution in [0.15, 0.2) is 24.3 Å². The number of carbonyl (C=O) groups excluding carboxylic acids is 1. The summed E-state index contributed by atoms with van der Waals surface area (Å²) in [7, 11) is 0. The molecule has 0 radical (unpaired) electrons. The van der Waals surface area contributed by atoms with Crippen molar-refractivity contribution in [3.05, 3.63) is 29.8 Å². The maximum Gasteiger partial charge on any atom is 0.227 e. The molecule has 0 unspecified atom stereocenters. The van der Waals surface area contributed by atoms with Crippen molar-refractivity contribution < 1.29 is 9.90 Å². The van der Waals surface area contributed by atoms with Crippen LogP contribution in [0.1, 0.15) is 57.1 Å². The Morgan fingerprint density at radius 2 is 1.82 bits per heavy atom. The van der Waals surface area contributed by atoms with Gasteiger partial charge in [-0.25, -0.2) is 0 Å². The lowest BCUT2D eigenvalue weighted by molar-refractivity contribution is -0.117. The summed E-state index contributed by atoms with van der Waals surface area (Å²) >= 11 is 0. The van der Waals surface area contributed by atoms with Gasteiger partial charge in [-0.2, -0.15) is 0 Å². The van der Waals surface area contributed by atoms with Gasteiger partial charge >= 0.3 is 0 Å². The van der Waals surface area contributed by atoms with E-state index in [9.17, 15) is 9.90 Å². The van der Waals surface area contributed by atoms with Crippen molar-refractivity contribution in [3.8, 4) is 0 Å². The highest BCUT2D eigenvalue weighted by Crippen LogP contribution is 2.30. The van der Waals surface area contributed by atoms with Crippen molar-refractivity contribution in [1.82, 2.24) is 5.32 Å². The molecule has 0 aliphatic heterocycles. The zero-order valence-corrected chi connectivity index (χ0v) is 13.2. The second-order valence-electron chi connectivity index (χ2n) is 6.73. The van der Waals surface area contributed by atoms with E-state index in [1.165, 1.54) is 12.0 Å². The van der Waals surface area contributed by atoms with E-state index in [0.29, 0.717) is 0 Å². The summed E-state index contributed by atoms with van der Waals surface area (Å²) in [6.45, 7) is 2.12. The second-order valence-corrected chi connectivity index (χ2v) is 6.73. The Hall–Kier alpha value is -1.39. The molecule has 120 valence electrons. The van der Waals surface area contributed by atoms with E-state index in [1.807, 2.05) is 12.1 Å². The van der Waals surface area contributed by atoms with Crippen LogP contribution in [-0.4, -0.2) is 23.2 Å². The van der Waals surface area contributed by atoms with E-state index in [0.717, 1.165) is 37.8 Å². The standard InChI is InChI=1S/C18H26N2O2/c1-12(19-16-4-2-3-5-17(16)21)13-8-10-15(11-9-13)20-18(22)14-6-7-14/h8-12,14,16-17,19,21H,2-7H2,1H3,(H,20,22)/t12-,16+,17-/m0/s1. The summed E-state index contributed by atoms with van der Waals surface area (Å²) in [6, 6.07) is 8.42. The largest absolute Gasteiger partial charge is 0.392 e. The number of nitrogens with one attached hydrogen (secondary N) is 2. The molecule has 3 rings (SSSR count). The Morgan fingerprint density at radius 1 is 1.14 bits per heavy atom. The molecule has 2 aliphatic carbocycles. The monoisotopic (exact) mass is 302 g/mol. The first kappa shape index (κ1) is 15.5. The van der Waals surface area contributed by atoms with Crippen LogP contribution in [0.3, 0.4) is 0 Å². The Kier molecular flexibility index (Phi) is 4.79. The molecule has 1 aromatic rings. The molecule has 4 heteroatoms. The average Bonchev–Trinajstić information content (AvgIpc) is 3.35. The molecular formula is C18H26N2O2. The molecule has 3 atom stereocenters. The molecular weight excluding hydrogens is 276 g/mol. The predicted molar refractivity (Wildman–Crippen MR) is 87.6 cm³/mol. The van der Waals surface area contributed by atoms with E-state index < -0.39 is 0 Å². The third-order valence-corrected chi connectivity index (χ3v) is 4.82. The highest BCUT2D eigenvalue weighted by Gasteiger charge is 2.29. The highest BCUT2D eigenvalue weighted by atomic mass is 16.3. The molecule has 1 amide bonds. The number of benzene rings is 1. The topological polar surface area (TPSA) is 61.4 Å². The zero-order chi connectivity index (χ0) is 15.5. The second kappa shape index (κ2) is 6.80. The van der Waals surface area contributed by atoms with Gasteiger partial charge in [0.25, 0.3) is 0 Å². The highest BCUT2D eigenvalue weighted by molar-refractivity contribution is 5.93. The van der Waals surface area contributed by atoms with Gasteiger partial charge in [0, 0.05) is 23.7 Å². The fourth-order valence-electron chi connectivity index (χ4n) is 3.17. The molecule has 22 heavy (non-hydrogen) atoms. The number of carbonyl (C=O) groups is 1. The summed E-state index contributed by atoms with van der Waals surface area (Å²) in [5, 5.41) is 16.6. The van der Waals surface area contributed by atoms with Crippen molar-refractivity contribution in [2.45, 2.75) is 63.6 Å². The summed E-state index contributed by atoms with van der Waals surface area (Å²) in [5.41, 5.74) is 2.05. The number of aliphatic hydroxyl groups excluding tert-OH is 1. The van der Waals surface area contributed by atoms with Crippen molar-refractivity contribution >= 4 is 11.6 Å². The molecule has 2 fully saturated rings. The van der Waals surface area contributed by atoms with Gasteiger partial charge in [0.1, 0.15) is 0 Å². The molecule has 0 heterocycles. The van der Waals surface area contributed by atoms with Crippen LogP contribution < -0.4 is 10.6 Å². The first-order valence-electron chi connectivity index (χ1n) is 8.48. The molecule has 0 aromatic heterocycles. The van der Waals surface area contributed by atoms with Crippen LogP contribution in [0.4, 0.5) is 5.69 Å². The van der Waals surface area contributed by atoms with Gasteiger partial charge in [0.2, 0.25) is 5.91 Å². The van der Waals surface area contributed by atoms with Crippen molar-refractivity contribution in [2.24, 2.45) is 5.92 Å². The fraction of sp³-hybridized carbons (Fsp3) is 0.611. The number of rotatable bonds is 5. The van der Waals surface area contributed by atoms with Gasteiger partial charge in [0.05, 0.1) is 6.10 Å². The third kappa shape index (κ3) is 3.87. The van der Waals surface area contributed by atoms with Crippen molar-refractivity contribution in [1.29, 1.82) is 0 Å². The SMILES string of the molecule is C[C@H](N[C@@H]1CCCC[C@@H]1O)c1ccc(NC(=O)C2CC2)cc1. The van der Waals surface area contributed by atoms with Gasteiger partial charge in [-0.15, -0.1) is 0 Å². The van der Waals surface area contributed by atoms with E-state index in [-0.39, 0.29) is 30.0 Å². The van der Waals surface area contributed by atoms with E-state index >= 15 is 0 Å². The number of aliphatic hydroxyl groups is 1. The first-order chi connectivity index (χ1) is 10.6. The van der Waals surface area contributed by atoms with E-state index in [4.69, 9.17) is 0 Å². The Labute approximate surface area is 132 Å². The molecule has 2 saturated carbocycles. The molecule has 4 nitrogen and oxygen atoms in total. The van der Waals surface area contributed by atoms with Crippen LogP contribution in [0.2, 0.25) is 0 Å². The van der Waals surface area contributed by atoms with E-state index in [2.05, 4.69) is 29.7 Å². The lowest BCUT2D eigenvalue weighted by Crippen LogP contribution is -2.43. The zero-order valence-electron chi connectivity index (χ0n) is 13.2. The lowest BCUT2D eigenvalue weighted by Gasteiger charge is -2.31. The Balaban J connectivity index is 1.55. The van der Waals surface area contributed by atoms with Gasteiger partial charge < -0.3 is 15.7 Å². The van der Waals surface area contributed by atoms with Crippen molar-refractivity contribution in [2.75, 3.05) is 5.32 Å². The summed E-state index contributed by atoms with van der Waals surface area (Å²) in [5.74, 6) is 0.373. The normalized spacial score (nSPS) is 26.5. The molecule has 3 N–H and O–H groups in total. The summed E-state index contributed by atoms with van der Waals surface area (Å²) < 4.78 is 0. The molecule has 0 bridgehead atoms. The van der Waals surface area contributed by atoms with Crippen LogP contribution >= 0.6 is 0 Å². The smallest absolute Gasteiger partial charge is 0.227 e. The maximum atomic E-state index is 11.7. The number of amides is 1. The fourth-order valence-corrected chi connectivity index (χ4v) is 3.17. The minimum absolute atomic E-state index is 0.143. The van der Waals surface area contributed by atoms with E-state index in [1.54, 1.807) is 0 Å². The Bertz CT molecular complexity index is 510.